The van der Waals surface area contributed by atoms with Crippen LogP contribution in [-0.2, 0) is 0 Å². The molecular weight excluding hydrogens is 300 g/mol. The molecule has 2 aromatic heterocycles. The summed E-state index contributed by atoms with van der Waals surface area (Å²) in [5.41, 5.74) is 10.3. The predicted molar refractivity (Wildman–Crippen MR) is 88.2 cm³/mol. The lowest BCUT2D eigenvalue weighted by atomic mass is 9.97. The highest BCUT2D eigenvalue weighted by Gasteiger charge is 2.17. The lowest BCUT2D eigenvalue weighted by molar-refractivity contribution is 0.412. The van der Waals surface area contributed by atoms with Crippen LogP contribution < -0.4 is 10.5 Å². The summed E-state index contributed by atoms with van der Waals surface area (Å²) in [4.78, 5) is 12.8. The van der Waals surface area contributed by atoms with Crippen LogP contribution in [0, 0.1) is 13.8 Å². The summed E-state index contributed by atoms with van der Waals surface area (Å²) in [5, 5.41) is 1.05. The molecule has 3 aromatic rings. The van der Waals surface area contributed by atoms with Gasteiger partial charge >= 0.3 is 0 Å². The van der Waals surface area contributed by atoms with Crippen molar-refractivity contribution in [2.75, 3.05) is 12.8 Å². The van der Waals surface area contributed by atoms with Crippen molar-refractivity contribution in [3.05, 3.63) is 40.8 Å². The Kier molecular flexibility index (Phi) is 3.58. The summed E-state index contributed by atoms with van der Waals surface area (Å²) in [5.74, 6) is 1.17. The molecule has 1 aromatic carbocycles. The van der Waals surface area contributed by atoms with Crippen molar-refractivity contribution in [2.45, 2.75) is 13.8 Å². The van der Waals surface area contributed by atoms with E-state index in [1.54, 1.807) is 13.2 Å². The molecule has 6 heteroatoms. The fourth-order valence-electron chi connectivity index (χ4n) is 2.64. The summed E-state index contributed by atoms with van der Waals surface area (Å²) in [6, 6.07) is 5.60. The maximum atomic E-state index is 6.17. The van der Waals surface area contributed by atoms with Crippen LogP contribution in [-0.4, -0.2) is 22.1 Å². The molecule has 5 nitrogen and oxygen atoms in total. The third kappa shape index (κ3) is 2.23. The number of benzene rings is 1. The largest absolute Gasteiger partial charge is 0.496 e. The van der Waals surface area contributed by atoms with Gasteiger partial charge in [0.2, 0.25) is 0 Å². The summed E-state index contributed by atoms with van der Waals surface area (Å²) >= 11 is 6.17. The van der Waals surface area contributed by atoms with Gasteiger partial charge in [-0.1, -0.05) is 17.7 Å². The van der Waals surface area contributed by atoms with Crippen LogP contribution in [0.15, 0.2) is 24.5 Å². The Morgan fingerprint density at radius 1 is 1.18 bits per heavy atom. The standard InChI is InChI=1S/C16H15ClN4O/c1-8-4-5-11(22-3)9(2)13(8)15-14-10(6-12(17)21-15)16(18)20-7-19-14/h4-7H,1-3H3,(H2,18,19,20). The zero-order chi connectivity index (χ0) is 15.9. The highest BCUT2D eigenvalue weighted by molar-refractivity contribution is 6.30. The number of aromatic nitrogens is 3. The Morgan fingerprint density at radius 3 is 2.68 bits per heavy atom. The number of hydrogen-bond donors (Lipinski definition) is 1. The minimum Gasteiger partial charge on any atom is -0.496 e. The van der Waals surface area contributed by atoms with Gasteiger partial charge in [0.05, 0.1) is 12.8 Å². The van der Waals surface area contributed by atoms with E-state index in [-0.39, 0.29) is 0 Å². The number of methoxy groups -OCH3 is 1. The molecule has 2 N–H and O–H groups in total. The fraction of sp³-hybridized carbons (Fsp3) is 0.188. The molecule has 0 spiro atoms. The number of rotatable bonds is 2. The number of nitrogen functional groups attached to an aromatic ring is 1. The molecule has 0 radical (unpaired) electrons. The molecule has 0 fully saturated rings. The van der Waals surface area contributed by atoms with Crippen molar-refractivity contribution < 1.29 is 4.74 Å². The van der Waals surface area contributed by atoms with Crippen LogP contribution in [0.3, 0.4) is 0 Å². The minimum absolute atomic E-state index is 0.352. The van der Waals surface area contributed by atoms with E-state index in [0.29, 0.717) is 27.6 Å². The smallest absolute Gasteiger partial charge is 0.134 e. The quantitative estimate of drug-likeness (QED) is 0.732. The summed E-state index contributed by atoms with van der Waals surface area (Å²) in [7, 11) is 1.64. The second-order valence-electron chi connectivity index (χ2n) is 5.03. The van der Waals surface area contributed by atoms with E-state index < -0.39 is 0 Å². The van der Waals surface area contributed by atoms with Crippen molar-refractivity contribution in [1.29, 1.82) is 0 Å². The van der Waals surface area contributed by atoms with Gasteiger partial charge in [0.25, 0.3) is 0 Å². The van der Waals surface area contributed by atoms with Gasteiger partial charge in [-0.3, -0.25) is 0 Å². The van der Waals surface area contributed by atoms with Gasteiger partial charge in [-0.25, -0.2) is 15.0 Å². The van der Waals surface area contributed by atoms with Crippen LogP contribution >= 0.6 is 11.6 Å². The average Bonchev–Trinajstić information content (AvgIpc) is 2.48. The number of pyridine rings is 1. The SMILES string of the molecule is COc1ccc(C)c(-c2nc(Cl)cc3c(N)ncnc23)c1C. The first kappa shape index (κ1) is 14.5. The Balaban J connectivity index is 2.43. The number of ether oxygens (including phenoxy) is 1. The summed E-state index contributed by atoms with van der Waals surface area (Å²) in [6.45, 7) is 4.00. The molecule has 0 saturated carbocycles. The third-order valence-electron chi connectivity index (χ3n) is 3.70. The van der Waals surface area contributed by atoms with Gasteiger partial charge in [0.15, 0.2) is 0 Å². The molecule has 0 aliphatic heterocycles. The van der Waals surface area contributed by atoms with Crippen molar-refractivity contribution in [2.24, 2.45) is 0 Å². The first-order valence-corrected chi connectivity index (χ1v) is 7.12. The van der Waals surface area contributed by atoms with E-state index in [0.717, 1.165) is 22.4 Å². The van der Waals surface area contributed by atoms with E-state index in [9.17, 15) is 0 Å². The number of halogens is 1. The Bertz CT molecular complexity index is 880. The number of hydrogen-bond acceptors (Lipinski definition) is 5. The highest BCUT2D eigenvalue weighted by atomic mass is 35.5. The third-order valence-corrected chi connectivity index (χ3v) is 3.90. The lowest BCUT2D eigenvalue weighted by Crippen LogP contribution is -2.00. The van der Waals surface area contributed by atoms with E-state index in [4.69, 9.17) is 22.1 Å². The van der Waals surface area contributed by atoms with Crippen LogP contribution in [0.25, 0.3) is 22.2 Å². The molecule has 0 bridgehead atoms. The van der Waals surface area contributed by atoms with Gasteiger partial charge in [-0.05, 0) is 31.5 Å². The number of nitrogens with zero attached hydrogens (tertiary/aromatic N) is 3. The minimum atomic E-state index is 0.352. The molecule has 112 valence electrons. The van der Waals surface area contributed by atoms with Crippen molar-refractivity contribution in [1.82, 2.24) is 15.0 Å². The molecule has 0 atom stereocenters. The number of fused-ring (bicyclic) bond motifs is 1. The van der Waals surface area contributed by atoms with Crippen molar-refractivity contribution in [3.63, 3.8) is 0 Å². The van der Waals surface area contributed by atoms with Gasteiger partial charge in [0, 0.05) is 16.5 Å². The Hall–Kier alpha value is -2.40. The zero-order valence-corrected chi connectivity index (χ0v) is 13.3. The van der Waals surface area contributed by atoms with Crippen molar-refractivity contribution >= 4 is 28.3 Å². The molecule has 2 heterocycles. The van der Waals surface area contributed by atoms with E-state index in [2.05, 4.69) is 15.0 Å². The number of anilines is 1. The second kappa shape index (κ2) is 5.42. The van der Waals surface area contributed by atoms with Crippen LogP contribution in [0.2, 0.25) is 5.15 Å². The monoisotopic (exact) mass is 314 g/mol. The van der Waals surface area contributed by atoms with Crippen LogP contribution in [0.4, 0.5) is 5.82 Å². The molecule has 0 aliphatic rings. The lowest BCUT2D eigenvalue weighted by Gasteiger charge is -2.15. The fourth-order valence-corrected chi connectivity index (χ4v) is 2.83. The summed E-state index contributed by atoms with van der Waals surface area (Å²) < 4.78 is 5.41. The molecular formula is C16H15ClN4O. The van der Waals surface area contributed by atoms with Gasteiger partial charge in [-0.15, -0.1) is 0 Å². The van der Waals surface area contributed by atoms with Crippen molar-refractivity contribution in [3.8, 4) is 17.0 Å². The van der Waals surface area contributed by atoms with E-state index in [1.807, 2.05) is 26.0 Å². The Labute approximate surface area is 133 Å². The molecule has 0 amide bonds. The zero-order valence-electron chi connectivity index (χ0n) is 12.5. The van der Waals surface area contributed by atoms with Crippen LogP contribution in [0.5, 0.6) is 5.75 Å². The molecule has 0 saturated heterocycles. The Morgan fingerprint density at radius 2 is 1.95 bits per heavy atom. The first-order valence-electron chi connectivity index (χ1n) is 6.74. The second-order valence-corrected chi connectivity index (χ2v) is 5.42. The van der Waals surface area contributed by atoms with E-state index >= 15 is 0 Å². The number of nitrogens with two attached hydrogens (primary N) is 1. The first-order chi connectivity index (χ1) is 10.5. The topological polar surface area (TPSA) is 73.9 Å². The predicted octanol–water partition coefficient (Wildman–Crippen LogP) is 3.55. The van der Waals surface area contributed by atoms with Gasteiger partial charge in [0.1, 0.15) is 28.6 Å². The molecule has 0 aliphatic carbocycles. The van der Waals surface area contributed by atoms with Gasteiger partial charge < -0.3 is 10.5 Å². The molecule has 0 unspecified atom stereocenters. The van der Waals surface area contributed by atoms with Gasteiger partial charge in [-0.2, -0.15) is 0 Å². The normalized spacial score (nSPS) is 10.9. The maximum absolute atomic E-state index is 6.17. The van der Waals surface area contributed by atoms with Crippen LogP contribution in [0.1, 0.15) is 11.1 Å². The number of aryl methyl sites for hydroxylation is 1. The maximum Gasteiger partial charge on any atom is 0.134 e. The molecule has 3 rings (SSSR count). The average molecular weight is 315 g/mol. The molecule has 22 heavy (non-hydrogen) atoms. The highest BCUT2D eigenvalue weighted by Crippen LogP contribution is 2.36. The van der Waals surface area contributed by atoms with E-state index in [1.165, 1.54) is 6.33 Å². The summed E-state index contributed by atoms with van der Waals surface area (Å²) in [6.07, 6.45) is 1.43.